The maximum Gasteiger partial charge on any atom is 0.324 e. The van der Waals surface area contributed by atoms with E-state index in [0.29, 0.717) is 5.92 Å². The highest BCUT2D eigenvalue weighted by Gasteiger charge is 2.64. The van der Waals surface area contributed by atoms with E-state index in [1.807, 2.05) is 25.8 Å². The summed E-state index contributed by atoms with van der Waals surface area (Å²) in [7, 11) is 1.92. The molecule has 0 aromatic carbocycles. The molecule has 1 N–H and O–H groups in total. The zero-order valence-corrected chi connectivity index (χ0v) is 8.71. The molecule has 0 amide bonds. The Morgan fingerprint density at radius 1 is 1.54 bits per heavy atom. The van der Waals surface area contributed by atoms with Crippen molar-refractivity contribution in [1.29, 1.82) is 0 Å². The van der Waals surface area contributed by atoms with Crippen molar-refractivity contribution in [3.63, 3.8) is 0 Å². The third kappa shape index (κ3) is 1.46. The molecule has 2 unspecified atom stereocenters. The van der Waals surface area contributed by atoms with Gasteiger partial charge in [0.15, 0.2) is 0 Å². The standard InChI is InChI=1S/C8H13NO2.C2H6/c1-9-4-2-3-6-5-8(6,9)7(10)11;1-2/h6H,2-5H2,1H3,(H,10,11);1-2H3. The number of likely N-dealkylation sites (tertiary alicyclic amines) is 1. The molecule has 2 aliphatic rings. The van der Waals surface area contributed by atoms with E-state index in [2.05, 4.69) is 0 Å². The third-order valence-electron chi connectivity index (χ3n) is 3.17. The molecule has 0 spiro atoms. The van der Waals surface area contributed by atoms with Crippen LogP contribution in [0.25, 0.3) is 0 Å². The van der Waals surface area contributed by atoms with Crippen molar-refractivity contribution in [3.8, 4) is 0 Å². The van der Waals surface area contributed by atoms with Crippen molar-refractivity contribution in [2.24, 2.45) is 5.92 Å². The van der Waals surface area contributed by atoms with E-state index in [0.717, 1.165) is 25.8 Å². The van der Waals surface area contributed by atoms with Gasteiger partial charge in [-0.25, -0.2) is 0 Å². The Bertz CT molecular complexity index is 205. The van der Waals surface area contributed by atoms with E-state index in [1.54, 1.807) is 0 Å². The highest BCUT2D eigenvalue weighted by molar-refractivity contribution is 5.83. The Balaban J connectivity index is 0.000000396. The second-order valence-corrected chi connectivity index (χ2v) is 3.69. The first kappa shape index (κ1) is 10.5. The zero-order chi connectivity index (χ0) is 10.1. The van der Waals surface area contributed by atoms with Gasteiger partial charge in [-0.15, -0.1) is 0 Å². The monoisotopic (exact) mass is 185 g/mol. The van der Waals surface area contributed by atoms with Gasteiger partial charge in [0.1, 0.15) is 5.54 Å². The molecule has 0 bridgehead atoms. The van der Waals surface area contributed by atoms with E-state index in [9.17, 15) is 4.79 Å². The molecule has 3 nitrogen and oxygen atoms in total. The maximum atomic E-state index is 10.9. The van der Waals surface area contributed by atoms with Crippen molar-refractivity contribution in [1.82, 2.24) is 4.90 Å². The Morgan fingerprint density at radius 2 is 2.15 bits per heavy atom. The SMILES string of the molecule is CC.CN1CCCC2CC21C(=O)O. The minimum absolute atomic E-state index is 0.443. The van der Waals surface area contributed by atoms with Crippen LogP contribution < -0.4 is 0 Å². The fourth-order valence-corrected chi connectivity index (χ4v) is 2.32. The van der Waals surface area contributed by atoms with E-state index >= 15 is 0 Å². The van der Waals surface area contributed by atoms with Gasteiger partial charge in [0.2, 0.25) is 0 Å². The van der Waals surface area contributed by atoms with Gasteiger partial charge in [-0.2, -0.15) is 0 Å². The second-order valence-electron chi connectivity index (χ2n) is 3.69. The molecular formula is C10H19NO2. The average Bonchev–Trinajstić information content (AvgIpc) is 2.85. The Morgan fingerprint density at radius 3 is 2.54 bits per heavy atom. The van der Waals surface area contributed by atoms with Crippen LogP contribution in [0.15, 0.2) is 0 Å². The Hall–Kier alpha value is -0.570. The van der Waals surface area contributed by atoms with Gasteiger partial charge >= 0.3 is 5.97 Å². The van der Waals surface area contributed by atoms with Crippen molar-refractivity contribution in [3.05, 3.63) is 0 Å². The lowest BCUT2D eigenvalue weighted by atomic mass is 10.0. The largest absolute Gasteiger partial charge is 0.480 e. The van der Waals surface area contributed by atoms with Crippen LogP contribution in [-0.2, 0) is 4.79 Å². The van der Waals surface area contributed by atoms with Crippen molar-refractivity contribution < 1.29 is 9.90 Å². The first-order chi connectivity index (χ1) is 6.18. The first-order valence-electron chi connectivity index (χ1n) is 5.12. The van der Waals surface area contributed by atoms with Crippen LogP contribution in [-0.4, -0.2) is 35.1 Å². The predicted molar refractivity (Wildman–Crippen MR) is 51.7 cm³/mol. The van der Waals surface area contributed by atoms with Crippen LogP contribution in [0.5, 0.6) is 0 Å². The summed E-state index contributed by atoms with van der Waals surface area (Å²) in [5.41, 5.74) is -0.446. The van der Waals surface area contributed by atoms with Gasteiger partial charge in [0, 0.05) is 0 Å². The molecule has 0 aromatic heterocycles. The minimum atomic E-state index is -0.621. The topological polar surface area (TPSA) is 40.5 Å². The molecule has 3 heteroatoms. The van der Waals surface area contributed by atoms with Gasteiger partial charge in [0.05, 0.1) is 0 Å². The lowest BCUT2D eigenvalue weighted by Gasteiger charge is -2.29. The van der Waals surface area contributed by atoms with Gasteiger partial charge in [-0.05, 0) is 38.8 Å². The summed E-state index contributed by atoms with van der Waals surface area (Å²) in [5, 5.41) is 8.97. The van der Waals surface area contributed by atoms with Crippen molar-refractivity contribution >= 4 is 5.97 Å². The number of piperidine rings is 1. The van der Waals surface area contributed by atoms with Crippen LogP contribution in [0, 0.1) is 5.92 Å². The molecule has 2 atom stereocenters. The van der Waals surface area contributed by atoms with E-state index < -0.39 is 11.5 Å². The summed E-state index contributed by atoms with van der Waals surface area (Å²) in [6, 6.07) is 0. The summed E-state index contributed by atoms with van der Waals surface area (Å²) in [4.78, 5) is 12.9. The second kappa shape index (κ2) is 3.66. The van der Waals surface area contributed by atoms with Crippen LogP contribution in [0.2, 0.25) is 0 Å². The number of nitrogens with zero attached hydrogens (tertiary/aromatic N) is 1. The molecule has 2 fully saturated rings. The van der Waals surface area contributed by atoms with E-state index in [1.165, 1.54) is 0 Å². The minimum Gasteiger partial charge on any atom is -0.480 e. The van der Waals surface area contributed by atoms with Gasteiger partial charge < -0.3 is 5.11 Å². The summed E-state index contributed by atoms with van der Waals surface area (Å²) in [5.74, 6) is -0.177. The molecule has 1 aliphatic heterocycles. The molecule has 1 saturated carbocycles. The number of hydrogen-bond donors (Lipinski definition) is 1. The van der Waals surface area contributed by atoms with Gasteiger partial charge in [-0.3, -0.25) is 9.69 Å². The summed E-state index contributed by atoms with van der Waals surface area (Å²) in [6.07, 6.45) is 3.14. The number of rotatable bonds is 1. The molecule has 76 valence electrons. The Kier molecular flexibility index (Phi) is 2.96. The number of fused-ring (bicyclic) bond motifs is 1. The van der Waals surface area contributed by atoms with Crippen molar-refractivity contribution in [2.45, 2.75) is 38.6 Å². The lowest BCUT2D eigenvalue weighted by Crippen LogP contribution is -2.45. The molecule has 1 heterocycles. The van der Waals surface area contributed by atoms with Crippen LogP contribution >= 0.6 is 0 Å². The van der Waals surface area contributed by atoms with Gasteiger partial charge in [0.25, 0.3) is 0 Å². The molecular weight excluding hydrogens is 166 g/mol. The smallest absolute Gasteiger partial charge is 0.324 e. The van der Waals surface area contributed by atoms with E-state index in [-0.39, 0.29) is 0 Å². The third-order valence-corrected chi connectivity index (χ3v) is 3.17. The number of aliphatic carboxylic acids is 1. The summed E-state index contributed by atoms with van der Waals surface area (Å²) >= 11 is 0. The number of carboxylic acids is 1. The predicted octanol–water partition coefficient (Wildman–Crippen LogP) is 1.58. The highest BCUT2D eigenvalue weighted by atomic mass is 16.4. The summed E-state index contributed by atoms with van der Waals surface area (Å²) < 4.78 is 0. The fourth-order valence-electron chi connectivity index (χ4n) is 2.32. The molecule has 0 aromatic rings. The molecule has 1 aliphatic carbocycles. The average molecular weight is 185 g/mol. The molecule has 2 rings (SSSR count). The highest BCUT2D eigenvalue weighted by Crippen LogP contribution is 2.53. The van der Waals surface area contributed by atoms with Crippen LogP contribution in [0.3, 0.4) is 0 Å². The molecule has 0 radical (unpaired) electrons. The lowest BCUT2D eigenvalue weighted by molar-refractivity contribution is -0.146. The number of carbonyl (C=O) groups is 1. The molecule has 13 heavy (non-hydrogen) atoms. The van der Waals surface area contributed by atoms with Crippen LogP contribution in [0.4, 0.5) is 0 Å². The molecule has 1 saturated heterocycles. The van der Waals surface area contributed by atoms with Gasteiger partial charge in [-0.1, -0.05) is 13.8 Å². The number of carboxylic acid groups (broad SMARTS) is 1. The van der Waals surface area contributed by atoms with Crippen LogP contribution in [0.1, 0.15) is 33.1 Å². The summed E-state index contributed by atoms with van der Waals surface area (Å²) in [6.45, 7) is 4.95. The normalized spacial score (nSPS) is 37.0. The van der Waals surface area contributed by atoms with Crippen molar-refractivity contribution in [2.75, 3.05) is 13.6 Å². The fraction of sp³-hybridized carbons (Fsp3) is 0.900. The number of likely N-dealkylation sites (N-methyl/N-ethyl adjacent to an activating group) is 1. The number of hydrogen-bond acceptors (Lipinski definition) is 2. The zero-order valence-electron chi connectivity index (χ0n) is 8.71. The maximum absolute atomic E-state index is 10.9. The van der Waals surface area contributed by atoms with E-state index in [4.69, 9.17) is 5.11 Å². The Labute approximate surface area is 79.7 Å². The first-order valence-corrected chi connectivity index (χ1v) is 5.12. The quantitative estimate of drug-likeness (QED) is 0.674.